The molecular weight excluding hydrogens is 147 g/mol. The van der Waals surface area contributed by atoms with Crippen molar-refractivity contribution in [3.63, 3.8) is 0 Å². The number of hydrogen-bond donors (Lipinski definition) is 0. The molecule has 0 aromatic heterocycles. The van der Waals surface area contributed by atoms with E-state index < -0.39 is 0 Å². The van der Waals surface area contributed by atoms with Crippen LogP contribution in [0.4, 0.5) is 0 Å². The standard InChI is InChI=1S/C5H13N.GeH4/c1-4-6(3)5-2;/h4-5H2,1-3H3;1H4. The van der Waals surface area contributed by atoms with E-state index in [0.717, 1.165) is 13.1 Å². The van der Waals surface area contributed by atoms with Crippen molar-refractivity contribution in [1.82, 2.24) is 4.90 Å². The average molecular weight is 164 g/mol. The maximum absolute atomic E-state index is 2.25. The van der Waals surface area contributed by atoms with Crippen molar-refractivity contribution in [1.29, 1.82) is 0 Å². The van der Waals surface area contributed by atoms with Gasteiger partial charge in [-0.3, -0.25) is 0 Å². The molecule has 0 spiro atoms. The molecule has 0 bridgehead atoms. The molecule has 0 heterocycles. The molecule has 0 aliphatic heterocycles. The summed E-state index contributed by atoms with van der Waals surface area (Å²) < 4.78 is 0. The zero-order chi connectivity index (χ0) is 4.99. The first-order valence-electron chi connectivity index (χ1n) is 2.49. The van der Waals surface area contributed by atoms with Gasteiger partial charge in [-0.05, 0) is 20.1 Å². The first kappa shape index (κ1) is 10.5. The van der Waals surface area contributed by atoms with Crippen LogP contribution in [0, 0.1) is 0 Å². The predicted octanol–water partition coefficient (Wildman–Crippen LogP) is -0.494. The van der Waals surface area contributed by atoms with Crippen LogP contribution in [0.1, 0.15) is 13.8 Å². The summed E-state index contributed by atoms with van der Waals surface area (Å²) in [6.07, 6.45) is 0. The molecule has 0 fully saturated rings. The predicted molar refractivity (Wildman–Crippen MR) is 40.2 cm³/mol. The van der Waals surface area contributed by atoms with E-state index in [0.29, 0.717) is 0 Å². The van der Waals surface area contributed by atoms with Gasteiger partial charge in [0.2, 0.25) is 0 Å². The summed E-state index contributed by atoms with van der Waals surface area (Å²) in [5.74, 6) is 0. The van der Waals surface area contributed by atoms with E-state index in [1.165, 1.54) is 0 Å². The minimum atomic E-state index is 0. The van der Waals surface area contributed by atoms with Gasteiger partial charge in [-0.25, -0.2) is 0 Å². The van der Waals surface area contributed by atoms with Gasteiger partial charge >= 0.3 is 17.6 Å². The van der Waals surface area contributed by atoms with Crippen molar-refractivity contribution in [3.05, 3.63) is 0 Å². The minimum absolute atomic E-state index is 0. The Morgan fingerprint density at radius 2 is 1.43 bits per heavy atom. The second kappa shape index (κ2) is 6.50. The monoisotopic (exact) mass is 165 g/mol. The molecule has 0 aromatic carbocycles. The summed E-state index contributed by atoms with van der Waals surface area (Å²) in [5.41, 5.74) is 0. The van der Waals surface area contributed by atoms with Gasteiger partial charge in [0.15, 0.2) is 0 Å². The van der Waals surface area contributed by atoms with Crippen molar-refractivity contribution < 1.29 is 0 Å². The van der Waals surface area contributed by atoms with Crippen LogP contribution in [-0.4, -0.2) is 42.6 Å². The van der Waals surface area contributed by atoms with Crippen LogP contribution in [-0.2, 0) is 0 Å². The molecule has 0 amide bonds. The molecule has 2 heteroatoms. The molecule has 7 heavy (non-hydrogen) atoms. The Kier molecular flexibility index (Phi) is 9.73. The zero-order valence-corrected chi connectivity index (χ0v) is 4.86. The fourth-order valence-electron chi connectivity index (χ4n) is 0.224. The van der Waals surface area contributed by atoms with E-state index in [2.05, 4.69) is 25.8 Å². The van der Waals surface area contributed by atoms with Crippen molar-refractivity contribution in [3.8, 4) is 0 Å². The first-order chi connectivity index (χ1) is 2.81. The molecule has 0 radical (unpaired) electrons. The van der Waals surface area contributed by atoms with Crippen LogP contribution in [0.15, 0.2) is 0 Å². The Bertz CT molecular complexity index is 27.3. The Morgan fingerprint density at radius 1 is 1.14 bits per heavy atom. The van der Waals surface area contributed by atoms with Gasteiger partial charge in [0.25, 0.3) is 0 Å². The third-order valence-electron chi connectivity index (χ3n) is 1.08. The van der Waals surface area contributed by atoms with Gasteiger partial charge < -0.3 is 4.90 Å². The van der Waals surface area contributed by atoms with Crippen LogP contribution in [0.2, 0.25) is 0 Å². The summed E-state index contributed by atoms with van der Waals surface area (Å²) in [5, 5.41) is 0. The second-order valence-corrected chi connectivity index (χ2v) is 1.49. The van der Waals surface area contributed by atoms with Crippen molar-refractivity contribution >= 4 is 17.6 Å². The maximum atomic E-state index is 2.25. The molecule has 0 aliphatic rings. The van der Waals surface area contributed by atoms with Crippen LogP contribution >= 0.6 is 0 Å². The quantitative estimate of drug-likeness (QED) is 0.497. The van der Waals surface area contributed by atoms with Gasteiger partial charge in [0.1, 0.15) is 0 Å². The topological polar surface area (TPSA) is 3.24 Å². The SMILES string of the molecule is CCN(C)CC.[GeH4]. The second-order valence-electron chi connectivity index (χ2n) is 1.49. The normalized spacial score (nSPS) is 8.57. The third-order valence-corrected chi connectivity index (χ3v) is 1.08. The molecule has 0 N–H and O–H groups in total. The van der Waals surface area contributed by atoms with Crippen LogP contribution in [0.3, 0.4) is 0 Å². The van der Waals surface area contributed by atoms with Gasteiger partial charge in [0.05, 0.1) is 0 Å². The number of nitrogens with zero attached hydrogens (tertiary/aromatic N) is 1. The summed E-state index contributed by atoms with van der Waals surface area (Å²) >= 11 is 0. The summed E-state index contributed by atoms with van der Waals surface area (Å²) in [6, 6.07) is 0. The van der Waals surface area contributed by atoms with Gasteiger partial charge in [0, 0.05) is 0 Å². The van der Waals surface area contributed by atoms with E-state index in [9.17, 15) is 0 Å². The molecular formula is C5H17GeN. The van der Waals surface area contributed by atoms with Crippen LogP contribution in [0.5, 0.6) is 0 Å². The Hall–Kier alpha value is 0.503. The van der Waals surface area contributed by atoms with Gasteiger partial charge in [-0.15, -0.1) is 0 Å². The summed E-state index contributed by atoms with van der Waals surface area (Å²) in [6.45, 7) is 6.64. The van der Waals surface area contributed by atoms with Crippen LogP contribution < -0.4 is 0 Å². The Labute approximate surface area is 57.1 Å². The van der Waals surface area contributed by atoms with E-state index in [4.69, 9.17) is 0 Å². The summed E-state index contributed by atoms with van der Waals surface area (Å²) in [4.78, 5) is 2.25. The van der Waals surface area contributed by atoms with Crippen molar-refractivity contribution in [2.24, 2.45) is 0 Å². The molecule has 0 rings (SSSR count). The Balaban J connectivity index is 0. The van der Waals surface area contributed by atoms with Crippen LogP contribution in [0.25, 0.3) is 0 Å². The van der Waals surface area contributed by atoms with E-state index in [-0.39, 0.29) is 17.6 Å². The third kappa shape index (κ3) is 6.50. The molecule has 0 aromatic rings. The molecule has 0 saturated heterocycles. The molecule has 1 nitrogen and oxygen atoms in total. The van der Waals surface area contributed by atoms with E-state index >= 15 is 0 Å². The van der Waals surface area contributed by atoms with E-state index in [1.54, 1.807) is 0 Å². The van der Waals surface area contributed by atoms with Gasteiger partial charge in [-0.2, -0.15) is 0 Å². The van der Waals surface area contributed by atoms with Crippen molar-refractivity contribution in [2.75, 3.05) is 20.1 Å². The molecule has 46 valence electrons. The number of hydrogen-bond acceptors (Lipinski definition) is 1. The first-order valence-corrected chi connectivity index (χ1v) is 2.49. The zero-order valence-electron chi connectivity index (χ0n) is 4.86. The fourth-order valence-corrected chi connectivity index (χ4v) is 0.224. The summed E-state index contributed by atoms with van der Waals surface area (Å²) in [7, 11) is 2.11. The molecule has 0 unspecified atom stereocenters. The van der Waals surface area contributed by atoms with Gasteiger partial charge in [-0.1, -0.05) is 13.8 Å². The molecule has 0 atom stereocenters. The fraction of sp³-hybridized carbons (Fsp3) is 1.00. The number of rotatable bonds is 2. The van der Waals surface area contributed by atoms with Crippen molar-refractivity contribution in [2.45, 2.75) is 13.8 Å². The Morgan fingerprint density at radius 3 is 1.43 bits per heavy atom. The molecule has 0 aliphatic carbocycles. The molecule has 0 saturated carbocycles. The van der Waals surface area contributed by atoms with E-state index in [1.807, 2.05) is 0 Å². The average Bonchev–Trinajstić information content (AvgIpc) is 1.65.